The van der Waals surface area contributed by atoms with Gasteiger partial charge < -0.3 is 4.48 Å². The van der Waals surface area contributed by atoms with E-state index in [-0.39, 0.29) is 0 Å². The molecule has 0 spiro atoms. The summed E-state index contributed by atoms with van der Waals surface area (Å²) >= 11 is 0. The minimum absolute atomic E-state index is 0.501. The molecule has 0 aliphatic rings. The predicted molar refractivity (Wildman–Crippen MR) is 142 cm³/mol. The summed E-state index contributed by atoms with van der Waals surface area (Å²) in [5.41, 5.74) is 0. The van der Waals surface area contributed by atoms with Gasteiger partial charge in [0, 0.05) is 12.8 Å². The van der Waals surface area contributed by atoms with E-state index in [4.69, 9.17) is 0 Å². The van der Waals surface area contributed by atoms with Crippen molar-refractivity contribution in [1.82, 2.24) is 0 Å². The standard InChI is InChI=1S/C28H57NO2P/c1-6-8-9-10-11-12-13-14-15-16-17-18-19-20-21-22-23-24-25-26-27-28(7-2,32(30)31)29(3,4)5/h21-22H,6-20,23-27H2,1-5H3/q+1. The number of unbranched alkanes of at least 4 members (excludes halogenated alkanes) is 16. The SMILES string of the molecule is CCCCCCCCCCCCCCCC=CCCCCCC(CC)(P(=O)=O)[N+](C)(C)C. The van der Waals surface area contributed by atoms with Crippen LogP contribution in [-0.4, -0.2) is 30.9 Å². The van der Waals surface area contributed by atoms with Crippen molar-refractivity contribution < 1.29 is 13.6 Å². The Balaban J connectivity index is 3.55. The maximum absolute atomic E-state index is 11.9. The highest BCUT2D eigenvalue weighted by Gasteiger charge is 2.46. The lowest BCUT2D eigenvalue weighted by Crippen LogP contribution is -2.53. The van der Waals surface area contributed by atoms with E-state index in [0.29, 0.717) is 10.9 Å². The number of hydrogen-bond donors (Lipinski definition) is 0. The first-order valence-corrected chi connectivity index (χ1v) is 15.1. The first-order valence-electron chi connectivity index (χ1n) is 13.9. The van der Waals surface area contributed by atoms with Gasteiger partial charge in [-0.05, 0) is 32.1 Å². The molecule has 32 heavy (non-hydrogen) atoms. The van der Waals surface area contributed by atoms with Crippen LogP contribution in [0.15, 0.2) is 12.2 Å². The number of nitrogens with zero attached hydrogens (tertiary/aromatic N) is 1. The summed E-state index contributed by atoms with van der Waals surface area (Å²) in [6.07, 6.45) is 30.2. The number of hydrogen-bond acceptors (Lipinski definition) is 2. The average molecular weight is 471 g/mol. The third-order valence-electron chi connectivity index (χ3n) is 7.24. The van der Waals surface area contributed by atoms with Gasteiger partial charge in [0.05, 0.1) is 21.1 Å². The summed E-state index contributed by atoms with van der Waals surface area (Å²) in [6.45, 7) is 4.29. The minimum atomic E-state index is -2.42. The number of rotatable bonds is 23. The van der Waals surface area contributed by atoms with Gasteiger partial charge in [-0.2, -0.15) is 0 Å². The monoisotopic (exact) mass is 470 g/mol. The van der Waals surface area contributed by atoms with Gasteiger partial charge in [-0.3, -0.25) is 0 Å². The molecule has 0 aromatic rings. The zero-order chi connectivity index (χ0) is 24.1. The molecule has 0 aromatic carbocycles. The van der Waals surface area contributed by atoms with Crippen molar-refractivity contribution in [1.29, 1.82) is 0 Å². The fourth-order valence-electron chi connectivity index (χ4n) is 4.81. The van der Waals surface area contributed by atoms with Crippen molar-refractivity contribution >= 4 is 7.68 Å². The van der Waals surface area contributed by atoms with E-state index in [1.165, 1.54) is 96.3 Å². The molecule has 4 heteroatoms. The molecule has 0 amide bonds. The van der Waals surface area contributed by atoms with Crippen molar-refractivity contribution in [2.75, 3.05) is 21.1 Å². The minimum Gasteiger partial charge on any atom is -0.314 e. The fraction of sp³-hybridized carbons (Fsp3) is 0.929. The zero-order valence-corrected chi connectivity index (χ0v) is 23.4. The molecule has 0 saturated carbocycles. The van der Waals surface area contributed by atoms with Gasteiger partial charge >= 0.3 is 7.68 Å². The second kappa shape index (κ2) is 20.0. The van der Waals surface area contributed by atoms with E-state index in [1.54, 1.807) is 0 Å². The van der Waals surface area contributed by atoms with Crippen LogP contribution >= 0.6 is 7.68 Å². The Morgan fingerprint density at radius 1 is 0.594 bits per heavy atom. The van der Waals surface area contributed by atoms with Gasteiger partial charge in [0.25, 0.3) is 0 Å². The molecular formula is C28H57NO2P+. The van der Waals surface area contributed by atoms with Crippen molar-refractivity contribution in [3.8, 4) is 0 Å². The van der Waals surface area contributed by atoms with Crippen molar-refractivity contribution in [2.45, 2.75) is 148 Å². The van der Waals surface area contributed by atoms with Crippen LogP contribution in [0.2, 0.25) is 0 Å². The zero-order valence-electron chi connectivity index (χ0n) is 22.5. The largest absolute Gasteiger partial charge is 0.378 e. The molecule has 0 fully saturated rings. The summed E-state index contributed by atoms with van der Waals surface area (Å²) in [5, 5.41) is -0.612. The summed E-state index contributed by atoms with van der Waals surface area (Å²) in [5.74, 6) is 0. The molecule has 0 radical (unpaired) electrons. The van der Waals surface area contributed by atoms with E-state index in [1.807, 2.05) is 28.1 Å². The van der Waals surface area contributed by atoms with E-state index in [9.17, 15) is 9.13 Å². The first-order chi connectivity index (χ1) is 15.3. The molecule has 190 valence electrons. The molecule has 0 N–H and O–H groups in total. The Morgan fingerprint density at radius 3 is 1.31 bits per heavy atom. The fourth-order valence-corrected chi connectivity index (χ4v) is 5.90. The van der Waals surface area contributed by atoms with E-state index < -0.39 is 13.0 Å². The van der Waals surface area contributed by atoms with Crippen LogP contribution in [0.5, 0.6) is 0 Å². The van der Waals surface area contributed by atoms with Crippen molar-refractivity contribution in [2.24, 2.45) is 0 Å². The van der Waals surface area contributed by atoms with E-state index >= 15 is 0 Å². The lowest BCUT2D eigenvalue weighted by molar-refractivity contribution is -0.908. The third kappa shape index (κ3) is 14.7. The van der Waals surface area contributed by atoms with Gasteiger partial charge in [0.2, 0.25) is 5.28 Å². The van der Waals surface area contributed by atoms with Crippen LogP contribution < -0.4 is 0 Å². The molecule has 0 aliphatic carbocycles. The molecule has 0 saturated heterocycles. The van der Waals surface area contributed by atoms with Crippen LogP contribution in [0.4, 0.5) is 0 Å². The summed E-state index contributed by atoms with van der Waals surface area (Å²) in [4.78, 5) is 0. The highest BCUT2D eigenvalue weighted by atomic mass is 31.1. The highest BCUT2D eigenvalue weighted by molar-refractivity contribution is 7.32. The molecule has 1 atom stereocenters. The lowest BCUT2D eigenvalue weighted by atomic mass is 10.0. The smallest absolute Gasteiger partial charge is 0.314 e. The summed E-state index contributed by atoms with van der Waals surface area (Å²) in [7, 11) is 3.60. The van der Waals surface area contributed by atoms with Crippen molar-refractivity contribution in [3.63, 3.8) is 0 Å². The maximum atomic E-state index is 11.9. The lowest BCUT2D eigenvalue weighted by Gasteiger charge is -2.40. The summed E-state index contributed by atoms with van der Waals surface area (Å²) < 4.78 is 24.4. The van der Waals surface area contributed by atoms with Crippen LogP contribution in [0.1, 0.15) is 142 Å². The van der Waals surface area contributed by atoms with Crippen LogP contribution in [0.25, 0.3) is 0 Å². The second-order valence-corrected chi connectivity index (χ2v) is 12.1. The van der Waals surface area contributed by atoms with Gasteiger partial charge in [0.1, 0.15) is 0 Å². The highest BCUT2D eigenvalue weighted by Crippen LogP contribution is 2.42. The Kier molecular flexibility index (Phi) is 19.8. The van der Waals surface area contributed by atoms with Crippen molar-refractivity contribution in [3.05, 3.63) is 12.2 Å². The molecular weight excluding hydrogens is 413 g/mol. The Bertz CT molecular complexity index is 514. The topological polar surface area (TPSA) is 34.1 Å². The van der Waals surface area contributed by atoms with Gasteiger partial charge in [-0.1, -0.05) is 109 Å². The Morgan fingerprint density at radius 2 is 0.969 bits per heavy atom. The summed E-state index contributed by atoms with van der Waals surface area (Å²) in [6, 6.07) is 0. The first kappa shape index (κ1) is 31.6. The number of quaternary nitrogens is 1. The average Bonchev–Trinajstić information content (AvgIpc) is 2.74. The normalized spacial score (nSPS) is 14.2. The van der Waals surface area contributed by atoms with Crippen LogP contribution in [-0.2, 0) is 9.13 Å². The Labute approximate surface area is 202 Å². The molecule has 0 heterocycles. The van der Waals surface area contributed by atoms with Gasteiger partial charge in [-0.15, -0.1) is 0 Å². The Hall–Kier alpha value is -0.400. The molecule has 0 aliphatic heterocycles. The predicted octanol–water partition coefficient (Wildman–Crippen LogP) is 9.96. The maximum Gasteiger partial charge on any atom is 0.378 e. The quantitative estimate of drug-likeness (QED) is 0.0644. The van der Waals surface area contributed by atoms with Crippen LogP contribution in [0.3, 0.4) is 0 Å². The third-order valence-corrected chi connectivity index (χ3v) is 9.06. The number of allylic oxidation sites excluding steroid dienone is 2. The van der Waals surface area contributed by atoms with E-state index in [0.717, 1.165) is 25.7 Å². The van der Waals surface area contributed by atoms with Gasteiger partial charge in [0.15, 0.2) is 0 Å². The van der Waals surface area contributed by atoms with Gasteiger partial charge in [-0.25, -0.2) is 9.13 Å². The molecule has 3 nitrogen and oxygen atoms in total. The molecule has 0 aromatic heterocycles. The second-order valence-electron chi connectivity index (χ2n) is 10.7. The molecule has 0 bridgehead atoms. The molecule has 0 rings (SSSR count). The van der Waals surface area contributed by atoms with E-state index in [2.05, 4.69) is 19.1 Å². The van der Waals surface area contributed by atoms with Crippen LogP contribution in [0, 0.1) is 0 Å². The molecule has 1 unspecified atom stereocenters.